The van der Waals surface area contributed by atoms with Gasteiger partial charge in [0.2, 0.25) is 0 Å². The van der Waals surface area contributed by atoms with Gasteiger partial charge >= 0.3 is 23.1 Å². The third-order valence-corrected chi connectivity index (χ3v) is 0.333. The molecule has 1 nitrogen and oxygen atoms in total. The van der Waals surface area contributed by atoms with Crippen LogP contribution < -0.4 is 17.5 Å². The van der Waals surface area contributed by atoms with E-state index < -0.39 is 0 Å². The average Bonchev–Trinajstić information content (AvgIpc) is 1.38. The zero-order chi connectivity index (χ0) is 4.28. The Hall–Kier alpha value is 1.02. The van der Waals surface area contributed by atoms with E-state index in [1.807, 2.05) is 13.8 Å². The van der Waals surface area contributed by atoms with E-state index in [1.165, 1.54) is 0 Å². The van der Waals surface area contributed by atoms with Crippen molar-refractivity contribution in [2.24, 2.45) is 5.92 Å². The van der Waals surface area contributed by atoms with Gasteiger partial charge in [0.1, 0.15) is 0 Å². The van der Waals surface area contributed by atoms with Crippen LogP contribution in [0.15, 0.2) is 0 Å². The Morgan fingerprint density at radius 1 is 1.43 bits per heavy atom. The summed E-state index contributed by atoms with van der Waals surface area (Å²) in [6, 6.07) is 0. The molecule has 0 radical (unpaired) electrons. The van der Waals surface area contributed by atoms with Gasteiger partial charge in [-0.15, -0.1) is 6.61 Å². The first-order valence-corrected chi connectivity index (χ1v) is 1.85. The van der Waals surface area contributed by atoms with Crippen LogP contribution in [0.3, 0.4) is 0 Å². The van der Waals surface area contributed by atoms with Crippen molar-refractivity contribution < 1.29 is 17.5 Å². The van der Waals surface area contributed by atoms with Crippen molar-refractivity contribution in [1.29, 1.82) is 0 Å². The molecule has 3 heteroatoms. The summed E-state index contributed by atoms with van der Waals surface area (Å²) in [5.41, 5.74) is 0. The van der Waals surface area contributed by atoms with Crippen molar-refractivity contribution in [3.05, 3.63) is 0 Å². The molecule has 0 aliphatic heterocycles. The summed E-state index contributed by atoms with van der Waals surface area (Å²) in [7, 11) is 0. The van der Waals surface area contributed by atoms with Crippen LogP contribution in [0.25, 0.3) is 0 Å². The monoisotopic (exact) mass is 132 g/mol. The first-order valence-electron chi connectivity index (χ1n) is 1.85. The molecule has 0 rings (SSSR count). The third kappa shape index (κ3) is 19.4. The van der Waals surface area contributed by atoms with Crippen LogP contribution in [0.1, 0.15) is 13.8 Å². The molecular weight excluding hydrogens is 124 g/mol. The fourth-order valence-corrected chi connectivity index (χ4v) is 0. The van der Waals surface area contributed by atoms with Gasteiger partial charge in [0.25, 0.3) is 0 Å². The molecule has 0 saturated carbocycles. The van der Waals surface area contributed by atoms with Crippen molar-refractivity contribution in [1.82, 2.24) is 0 Å². The molecule has 0 unspecified atom stereocenters. The van der Waals surface area contributed by atoms with E-state index in [1.54, 1.807) is 0 Å². The number of hydrogen-bond acceptors (Lipinski definition) is 1. The summed E-state index contributed by atoms with van der Waals surface area (Å²) < 4.78 is 0. The molecule has 0 heterocycles. The smallest absolute Gasteiger partial charge is 1.00 e. The van der Waals surface area contributed by atoms with Crippen LogP contribution in [-0.2, 0) is 0 Å². The first kappa shape index (κ1) is 15.7. The molecule has 0 aliphatic rings. The predicted octanol–water partition coefficient (Wildman–Crippen LogP) is -3.37. The molecule has 0 atom stereocenters. The second-order valence-corrected chi connectivity index (χ2v) is 1.56. The molecule has 0 fully saturated rings. The molecule has 0 aliphatic carbocycles. The van der Waals surface area contributed by atoms with Crippen LogP contribution in [0, 0.1) is 5.92 Å². The fourth-order valence-electron chi connectivity index (χ4n) is 0. The van der Waals surface area contributed by atoms with Crippen LogP contribution >= 0.6 is 0 Å². The van der Waals surface area contributed by atoms with E-state index in [-0.39, 0.29) is 42.1 Å². The Bertz CT molecular complexity index is 25.7. The van der Waals surface area contributed by atoms with Crippen LogP contribution in [0.2, 0.25) is 0 Å². The van der Waals surface area contributed by atoms with Crippen molar-refractivity contribution in [2.45, 2.75) is 13.8 Å². The van der Waals surface area contributed by atoms with Crippen molar-refractivity contribution in [3.8, 4) is 0 Å². The maximum Gasteiger partial charge on any atom is 2.00 e. The summed E-state index contributed by atoms with van der Waals surface area (Å²) in [5, 5.41) is 9.63. The molecule has 0 amide bonds. The first-order chi connectivity index (χ1) is 2.27. The summed E-state index contributed by atoms with van der Waals surface area (Å²) >= 11 is 0. The summed E-state index contributed by atoms with van der Waals surface area (Å²) in [5.74, 6) is 0.329. The van der Waals surface area contributed by atoms with Gasteiger partial charge in [0, 0.05) is 0 Å². The van der Waals surface area contributed by atoms with Crippen LogP contribution in [-0.4, -0.2) is 29.7 Å². The summed E-state index contributed by atoms with van der Waals surface area (Å²) in [6.45, 7) is 3.88. The largest absolute Gasteiger partial charge is 2.00 e. The molecule has 0 bridgehead atoms. The zero-order valence-electron chi connectivity index (χ0n) is 4.78. The molecular formula is C4H9ClMgO. The Kier molecular flexibility index (Phi) is 22.6. The SMILES string of the molecule is CC(C)C[O-].[Cl-].[Mg+2]. The zero-order valence-corrected chi connectivity index (χ0v) is 6.95. The van der Waals surface area contributed by atoms with Gasteiger partial charge in [-0.1, -0.05) is 19.8 Å². The van der Waals surface area contributed by atoms with E-state index in [2.05, 4.69) is 0 Å². The minimum atomic E-state index is 0. The Morgan fingerprint density at radius 2 is 1.57 bits per heavy atom. The van der Waals surface area contributed by atoms with Crippen LogP contribution in [0.5, 0.6) is 0 Å². The number of halogens is 1. The Labute approximate surface area is 67.1 Å². The second-order valence-electron chi connectivity index (χ2n) is 1.56. The maximum atomic E-state index is 9.63. The predicted molar refractivity (Wildman–Crippen MR) is 25.5 cm³/mol. The van der Waals surface area contributed by atoms with Gasteiger partial charge in [-0.3, -0.25) is 0 Å². The summed E-state index contributed by atoms with van der Waals surface area (Å²) in [4.78, 5) is 0. The van der Waals surface area contributed by atoms with Gasteiger partial charge < -0.3 is 17.5 Å². The van der Waals surface area contributed by atoms with Crippen molar-refractivity contribution >= 4 is 23.1 Å². The molecule has 7 heavy (non-hydrogen) atoms. The van der Waals surface area contributed by atoms with Gasteiger partial charge in [-0.05, 0) is 0 Å². The number of hydrogen-bond donors (Lipinski definition) is 0. The molecule has 0 aromatic rings. The van der Waals surface area contributed by atoms with E-state index in [4.69, 9.17) is 0 Å². The third-order valence-electron chi connectivity index (χ3n) is 0.333. The van der Waals surface area contributed by atoms with E-state index in [0.717, 1.165) is 0 Å². The fraction of sp³-hybridized carbons (Fsp3) is 1.00. The maximum absolute atomic E-state index is 9.63. The standard InChI is InChI=1S/C4H9O.ClH.Mg/c1-4(2)3-5;;/h4H,3H2,1-2H3;1H;/q-1;;+2/p-1. The average molecular weight is 133 g/mol. The van der Waals surface area contributed by atoms with Crippen molar-refractivity contribution in [3.63, 3.8) is 0 Å². The Morgan fingerprint density at radius 3 is 1.57 bits per heavy atom. The normalized spacial score (nSPS) is 6.86. The van der Waals surface area contributed by atoms with Crippen molar-refractivity contribution in [2.75, 3.05) is 6.61 Å². The molecule has 40 valence electrons. The molecule has 0 N–H and O–H groups in total. The Balaban J connectivity index is -0.0000000800. The minimum absolute atomic E-state index is 0. The number of rotatable bonds is 1. The van der Waals surface area contributed by atoms with Gasteiger partial charge in [-0.25, -0.2) is 0 Å². The quantitative estimate of drug-likeness (QED) is 0.342. The molecule has 0 saturated heterocycles. The van der Waals surface area contributed by atoms with Gasteiger partial charge in [0.05, 0.1) is 0 Å². The van der Waals surface area contributed by atoms with Gasteiger partial charge in [0.15, 0.2) is 0 Å². The van der Waals surface area contributed by atoms with E-state index >= 15 is 0 Å². The van der Waals surface area contributed by atoms with E-state index in [0.29, 0.717) is 5.92 Å². The molecule has 0 aromatic heterocycles. The summed E-state index contributed by atoms with van der Waals surface area (Å²) in [6.07, 6.45) is 0. The second kappa shape index (κ2) is 10.1. The van der Waals surface area contributed by atoms with Crippen LogP contribution in [0.4, 0.5) is 0 Å². The molecule has 0 spiro atoms. The minimum Gasteiger partial charge on any atom is -1.00 e. The van der Waals surface area contributed by atoms with E-state index in [9.17, 15) is 5.11 Å². The van der Waals surface area contributed by atoms with Gasteiger partial charge in [-0.2, -0.15) is 0 Å². The molecule has 0 aromatic carbocycles. The topological polar surface area (TPSA) is 23.1 Å².